The Labute approximate surface area is 88.8 Å². The van der Waals surface area contributed by atoms with Crippen molar-refractivity contribution in [2.24, 2.45) is 5.92 Å². The predicted octanol–water partition coefficient (Wildman–Crippen LogP) is 0.189. The van der Waals surface area contributed by atoms with Crippen molar-refractivity contribution in [3.05, 3.63) is 12.2 Å². The second-order valence-corrected chi connectivity index (χ2v) is 4.35. The number of nitrogens with zero attached hydrogens (tertiary/aromatic N) is 1. The van der Waals surface area contributed by atoms with Crippen molar-refractivity contribution in [2.75, 3.05) is 26.3 Å². The minimum Gasteiger partial charge on any atom is -0.458 e. The lowest BCUT2D eigenvalue weighted by Gasteiger charge is -2.34. The first-order valence-corrected chi connectivity index (χ1v) is 5.54. The third-order valence-electron chi connectivity index (χ3n) is 3.50. The number of carbonyl (C=O) groups excluding carboxylic acids is 1. The Morgan fingerprint density at radius 2 is 2.07 bits per heavy atom. The van der Waals surface area contributed by atoms with Gasteiger partial charge in [0.05, 0.1) is 19.6 Å². The minimum absolute atomic E-state index is 0.0327. The summed E-state index contributed by atoms with van der Waals surface area (Å²) in [6.45, 7) is 3.53. The molecule has 0 aromatic rings. The molecule has 0 amide bonds. The van der Waals surface area contributed by atoms with Crippen molar-refractivity contribution >= 4 is 5.97 Å². The van der Waals surface area contributed by atoms with Crippen LogP contribution in [0, 0.1) is 5.92 Å². The highest BCUT2D eigenvalue weighted by atomic mass is 16.5. The van der Waals surface area contributed by atoms with Crippen LogP contribution in [0.5, 0.6) is 0 Å². The van der Waals surface area contributed by atoms with Crippen LogP contribution >= 0.6 is 0 Å². The highest BCUT2D eigenvalue weighted by Crippen LogP contribution is 2.34. The number of morpholine rings is 1. The molecule has 0 aromatic carbocycles. The average Bonchev–Trinajstić information content (AvgIpc) is 2.77. The SMILES string of the molecule is O=C1C[C@H]2[C@H](N3CCOCC3)C=C[C@H]2O1. The molecule has 3 atom stereocenters. The molecule has 2 saturated heterocycles. The number of esters is 1. The van der Waals surface area contributed by atoms with E-state index in [1.807, 2.05) is 6.08 Å². The Kier molecular flexibility index (Phi) is 2.25. The fourth-order valence-corrected chi connectivity index (χ4v) is 2.73. The monoisotopic (exact) mass is 209 g/mol. The van der Waals surface area contributed by atoms with Gasteiger partial charge in [-0.2, -0.15) is 0 Å². The molecule has 0 bridgehead atoms. The lowest BCUT2D eigenvalue weighted by Crippen LogP contribution is -2.45. The normalized spacial score (nSPS) is 40.5. The van der Waals surface area contributed by atoms with Crippen molar-refractivity contribution in [1.82, 2.24) is 4.90 Å². The Bertz CT molecular complexity index is 296. The van der Waals surface area contributed by atoms with Crippen molar-refractivity contribution in [3.8, 4) is 0 Å². The van der Waals surface area contributed by atoms with Gasteiger partial charge in [0.25, 0.3) is 0 Å². The maximum atomic E-state index is 11.2. The number of hydrogen-bond donors (Lipinski definition) is 0. The molecule has 82 valence electrons. The number of carbonyl (C=O) groups is 1. The zero-order valence-electron chi connectivity index (χ0n) is 8.59. The first kappa shape index (κ1) is 9.36. The Hall–Kier alpha value is -0.870. The quantitative estimate of drug-likeness (QED) is 0.456. The van der Waals surface area contributed by atoms with E-state index in [-0.39, 0.29) is 12.1 Å². The smallest absolute Gasteiger partial charge is 0.306 e. The second-order valence-electron chi connectivity index (χ2n) is 4.35. The van der Waals surface area contributed by atoms with Crippen molar-refractivity contribution in [2.45, 2.75) is 18.6 Å². The highest BCUT2D eigenvalue weighted by molar-refractivity contribution is 5.73. The molecule has 4 heteroatoms. The molecule has 1 aliphatic carbocycles. The average molecular weight is 209 g/mol. The molecule has 15 heavy (non-hydrogen) atoms. The van der Waals surface area contributed by atoms with E-state index in [4.69, 9.17) is 9.47 Å². The van der Waals surface area contributed by atoms with Gasteiger partial charge in [0.2, 0.25) is 0 Å². The standard InChI is InChI=1S/C11H15NO3/c13-11-7-8-9(1-2-10(8)15-11)12-3-5-14-6-4-12/h1-2,8-10H,3-7H2/t8-,9+,10+/m0/s1. The summed E-state index contributed by atoms with van der Waals surface area (Å²) in [5.41, 5.74) is 0. The van der Waals surface area contributed by atoms with Crippen molar-refractivity contribution in [3.63, 3.8) is 0 Å². The Morgan fingerprint density at radius 1 is 1.27 bits per heavy atom. The summed E-state index contributed by atoms with van der Waals surface area (Å²) < 4.78 is 10.6. The largest absolute Gasteiger partial charge is 0.458 e. The maximum absolute atomic E-state index is 11.2. The van der Waals surface area contributed by atoms with E-state index in [2.05, 4.69) is 11.0 Å². The molecule has 0 aromatic heterocycles. The molecule has 0 unspecified atom stereocenters. The maximum Gasteiger partial charge on any atom is 0.306 e. The van der Waals surface area contributed by atoms with E-state index in [0.29, 0.717) is 18.4 Å². The highest BCUT2D eigenvalue weighted by Gasteiger charge is 2.43. The Balaban J connectivity index is 1.71. The van der Waals surface area contributed by atoms with Gasteiger partial charge in [0.15, 0.2) is 0 Å². The van der Waals surface area contributed by atoms with Gasteiger partial charge in [0, 0.05) is 25.0 Å². The summed E-state index contributed by atoms with van der Waals surface area (Å²) in [5, 5.41) is 0. The summed E-state index contributed by atoms with van der Waals surface area (Å²) in [5.74, 6) is 0.295. The Morgan fingerprint density at radius 3 is 2.87 bits per heavy atom. The number of hydrogen-bond acceptors (Lipinski definition) is 4. The molecular formula is C11H15NO3. The fourth-order valence-electron chi connectivity index (χ4n) is 2.73. The van der Waals surface area contributed by atoms with E-state index in [1.54, 1.807) is 0 Å². The topological polar surface area (TPSA) is 38.8 Å². The van der Waals surface area contributed by atoms with Crippen LogP contribution in [-0.2, 0) is 14.3 Å². The van der Waals surface area contributed by atoms with Crippen LogP contribution in [0.15, 0.2) is 12.2 Å². The lowest BCUT2D eigenvalue weighted by atomic mass is 9.97. The molecule has 3 aliphatic rings. The van der Waals surface area contributed by atoms with E-state index in [1.165, 1.54) is 0 Å². The fraction of sp³-hybridized carbons (Fsp3) is 0.727. The van der Waals surface area contributed by atoms with Crippen molar-refractivity contribution in [1.29, 1.82) is 0 Å². The van der Waals surface area contributed by atoms with E-state index in [0.717, 1.165) is 26.3 Å². The number of ether oxygens (including phenoxy) is 2. The van der Waals surface area contributed by atoms with Crippen LogP contribution in [0.2, 0.25) is 0 Å². The van der Waals surface area contributed by atoms with Gasteiger partial charge in [0.1, 0.15) is 6.10 Å². The predicted molar refractivity (Wildman–Crippen MR) is 53.3 cm³/mol. The van der Waals surface area contributed by atoms with Gasteiger partial charge >= 0.3 is 5.97 Å². The van der Waals surface area contributed by atoms with Gasteiger partial charge in [-0.1, -0.05) is 6.08 Å². The third kappa shape index (κ3) is 1.58. The molecule has 3 rings (SSSR count). The molecule has 0 radical (unpaired) electrons. The van der Waals surface area contributed by atoms with Crippen LogP contribution in [0.3, 0.4) is 0 Å². The van der Waals surface area contributed by atoms with Crippen LogP contribution in [0.25, 0.3) is 0 Å². The first-order valence-electron chi connectivity index (χ1n) is 5.54. The first-order chi connectivity index (χ1) is 7.34. The van der Waals surface area contributed by atoms with E-state index >= 15 is 0 Å². The van der Waals surface area contributed by atoms with Crippen molar-refractivity contribution < 1.29 is 14.3 Å². The van der Waals surface area contributed by atoms with Gasteiger partial charge in [-0.25, -0.2) is 0 Å². The van der Waals surface area contributed by atoms with Crippen LogP contribution in [0.4, 0.5) is 0 Å². The second kappa shape index (κ2) is 3.61. The van der Waals surface area contributed by atoms with Gasteiger partial charge in [-0.3, -0.25) is 9.69 Å². The molecule has 2 aliphatic heterocycles. The number of fused-ring (bicyclic) bond motifs is 1. The van der Waals surface area contributed by atoms with Gasteiger partial charge < -0.3 is 9.47 Å². The minimum atomic E-state index is -0.0485. The molecule has 0 spiro atoms. The molecule has 2 fully saturated rings. The van der Waals surface area contributed by atoms with E-state index in [9.17, 15) is 4.79 Å². The molecule has 4 nitrogen and oxygen atoms in total. The van der Waals surface area contributed by atoms with Crippen LogP contribution < -0.4 is 0 Å². The molecule has 0 N–H and O–H groups in total. The molecule has 2 heterocycles. The summed E-state index contributed by atoms with van der Waals surface area (Å²) in [6, 6.07) is 0.380. The summed E-state index contributed by atoms with van der Waals surface area (Å²) in [4.78, 5) is 13.6. The van der Waals surface area contributed by atoms with Gasteiger partial charge in [-0.15, -0.1) is 0 Å². The molecule has 0 saturated carbocycles. The summed E-state index contributed by atoms with van der Waals surface area (Å²) >= 11 is 0. The van der Waals surface area contributed by atoms with E-state index < -0.39 is 0 Å². The van der Waals surface area contributed by atoms with Crippen LogP contribution in [-0.4, -0.2) is 49.3 Å². The number of rotatable bonds is 1. The van der Waals surface area contributed by atoms with Gasteiger partial charge in [-0.05, 0) is 6.08 Å². The summed E-state index contributed by atoms with van der Waals surface area (Å²) in [6.07, 6.45) is 4.83. The molecular weight excluding hydrogens is 194 g/mol. The van der Waals surface area contributed by atoms with Crippen LogP contribution in [0.1, 0.15) is 6.42 Å². The zero-order chi connectivity index (χ0) is 10.3. The lowest BCUT2D eigenvalue weighted by molar-refractivity contribution is -0.140. The summed E-state index contributed by atoms with van der Waals surface area (Å²) in [7, 11) is 0. The third-order valence-corrected chi connectivity index (χ3v) is 3.50. The zero-order valence-corrected chi connectivity index (χ0v) is 8.59.